The normalized spacial score (nSPS) is 20.6. The van der Waals surface area contributed by atoms with Crippen LogP contribution in [-0.4, -0.2) is 60.8 Å². The van der Waals surface area contributed by atoms with Crippen molar-refractivity contribution in [2.45, 2.75) is 19.3 Å². The minimum absolute atomic E-state index is 0.198. The lowest BCUT2D eigenvalue weighted by molar-refractivity contribution is 0.0360. The van der Waals surface area contributed by atoms with E-state index in [0.29, 0.717) is 11.1 Å². The van der Waals surface area contributed by atoms with Crippen molar-refractivity contribution in [1.82, 2.24) is 29.5 Å². The van der Waals surface area contributed by atoms with Crippen LogP contribution in [0.3, 0.4) is 0 Å². The van der Waals surface area contributed by atoms with Crippen molar-refractivity contribution >= 4 is 11.5 Å². The number of benzene rings is 1. The highest BCUT2D eigenvalue weighted by Crippen LogP contribution is 2.40. The molecule has 3 aliphatic rings. The van der Waals surface area contributed by atoms with E-state index < -0.39 is 0 Å². The largest absolute Gasteiger partial charge is 0.508 e. The van der Waals surface area contributed by atoms with Gasteiger partial charge in [0.1, 0.15) is 17.3 Å². The maximum Gasteiger partial charge on any atom is 0.164 e. The van der Waals surface area contributed by atoms with Crippen LogP contribution >= 0.6 is 0 Å². The summed E-state index contributed by atoms with van der Waals surface area (Å²) in [6, 6.07) is 17.2. The average molecular weight is 504 g/mol. The summed E-state index contributed by atoms with van der Waals surface area (Å²) in [5.74, 6) is 1.10. The van der Waals surface area contributed by atoms with Crippen LogP contribution in [-0.2, 0) is 0 Å². The van der Waals surface area contributed by atoms with Crippen LogP contribution in [0, 0.1) is 5.41 Å². The Labute approximate surface area is 221 Å². The Morgan fingerprint density at radius 3 is 2.39 bits per heavy atom. The van der Waals surface area contributed by atoms with Crippen molar-refractivity contribution < 1.29 is 5.11 Å². The second kappa shape index (κ2) is 9.22. The molecule has 8 nitrogen and oxygen atoms in total. The molecule has 4 aromatic heterocycles. The maximum atomic E-state index is 10.2. The molecule has 2 bridgehead atoms. The zero-order valence-electron chi connectivity index (χ0n) is 21.1. The number of pyridine rings is 2. The fourth-order valence-electron chi connectivity index (χ4n) is 5.89. The van der Waals surface area contributed by atoms with Gasteiger partial charge in [0.05, 0.1) is 11.3 Å². The van der Waals surface area contributed by atoms with Crippen LogP contribution in [0.2, 0.25) is 0 Å². The first-order valence-corrected chi connectivity index (χ1v) is 13.2. The van der Waals surface area contributed by atoms with Gasteiger partial charge < -0.3 is 15.3 Å². The molecule has 7 heterocycles. The highest BCUT2D eigenvalue weighted by molar-refractivity contribution is 5.91. The summed E-state index contributed by atoms with van der Waals surface area (Å²) in [6.45, 7) is 4.65. The highest BCUT2D eigenvalue weighted by atomic mass is 16.3. The van der Waals surface area contributed by atoms with Crippen LogP contribution in [0.5, 0.6) is 5.75 Å². The maximum absolute atomic E-state index is 10.2. The van der Waals surface area contributed by atoms with Gasteiger partial charge in [0.15, 0.2) is 5.65 Å². The smallest absolute Gasteiger partial charge is 0.164 e. The van der Waals surface area contributed by atoms with Gasteiger partial charge in [-0.15, -0.1) is 0 Å². The van der Waals surface area contributed by atoms with Gasteiger partial charge in [-0.05, 0) is 92.3 Å². The minimum Gasteiger partial charge on any atom is -0.508 e. The molecule has 0 amide bonds. The summed E-state index contributed by atoms with van der Waals surface area (Å²) in [5.41, 5.74) is 6.40. The van der Waals surface area contributed by atoms with E-state index in [-0.39, 0.29) is 5.75 Å². The van der Waals surface area contributed by atoms with Crippen molar-refractivity contribution in [1.29, 1.82) is 0 Å². The molecule has 3 saturated heterocycles. The van der Waals surface area contributed by atoms with Gasteiger partial charge in [0.2, 0.25) is 0 Å². The molecule has 3 aliphatic heterocycles. The monoisotopic (exact) mass is 503 g/mol. The van der Waals surface area contributed by atoms with Crippen molar-refractivity contribution in [3.8, 4) is 39.4 Å². The number of aromatic hydroxyl groups is 1. The van der Waals surface area contributed by atoms with E-state index in [1.54, 1.807) is 30.7 Å². The van der Waals surface area contributed by atoms with Crippen molar-refractivity contribution in [3.05, 3.63) is 79.4 Å². The zero-order chi connectivity index (χ0) is 25.5. The van der Waals surface area contributed by atoms with Crippen molar-refractivity contribution in [2.24, 2.45) is 5.41 Å². The molecular weight excluding hydrogens is 474 g/mol. The zero-order valence-corrected chi connectivity index (χ0v) is 21.1. The third-order valence-corrected chi connectivity index (χ3v) is 8.19. The molecular formula is C30H29N7O. The number of aromatic nitrogens is 5. The Morgan fingerprint density at radius 2 is 1.66 bits per heavy atom. The van der Waals surface area contributed by atoms with Gasteiger partial charge in [-0.3, -0.25) is 4.98 Å². The standard InChI is InChI=1S/C30H29N7O/c38-24-3-1-2-22(18-24)27-28(21-6-12-31-13-7-21)35-37-25(8-14-32-29(27)37)23-4-5-26(33-19-23)34-20-30-9-15-36(16-10-30)17-11-30/h1-8,12-14,18-19,38H,9-11,15-17,20H2,(H,33,34). The molecule has 0 radical (unpaired) electrons. The van der Waals surface area contributed by atoms with Crippen LogP contribution in [0.15, 0.2) is 79.4 Å². The predicted octanol–water partition coefficient (Wildman–Crippen LogP) is 5.12. The molecule has 1 aromatic carbocycles. The van der Waals surface area contributed by atoms with Crippen LogP contribution < -0.4 is 5.32 Å². The Morgan fingerprint density at radius 1 is 0.842 bits per heavy atom. The van der Waals surface area contributed by atoms with E-state index in [2.05, 4.69) is 27.3 Å². The van der Waals surface area contributed by atoms with Crippen LogP contribution in [0.25, 0.3) is 39.3 Å². The number of nitrogens with zero attached hydrogens (tertiary/aromatic N) is 6. The lowest BCUT2D eigenvalue weighted by atomic mass is 9.72. The Hall–Kier alpha value is -4.30. The van der Waals surface area contributed by atoms with Crippen LogP contribution in [0.1, 0.15) is 19.3 Å². The second-order valence-electron chi connectivity index (χ2n) is 10.5. The summed E-state index contributed by atoms with van der Waals surface area (Å²) < 4.78 is 1.87. The molecule has 190 valence electrons. The number of piperidine rings is 3. The average Bonchev–Trinajstić information content (AvgIpc) is 3.38. The number of rotatable bonds is 6. The number of phenolic OH excluding ortho intramolecular Hbond substituents is 1. The van der Waals surface area contributed by atoms with E-state index in [0.717, 1.165) is 46.0 Å². The first-order chi connectivity index (χ1) is 18.7. The number of hydrogen-bond acceptors (Lipinski definition) is 7. The van der Waals surface area contributed by atoms with Crippen LogP contribution in [0.4, 0.5) is 5.82 Å². The lowest BCUT2D eigenvalue weighted by Gasteiger charge is -2.48. The summed E-state index contributed by atoms with van der Waals surface area (Å²) >= 11 is 0. The molecule has 0 aliphatic carbocycles. The van der Waals surface area contributed by atoms with E-state index in [1.165, 1.54) is 38.9 Å². The van der Waals surface area contributed by atoms with E-state index in [4.69, 9.17) is 15.1 Å². The quantitative estimate of drug-likeness (QED) is 0.332. The topological polar surface area (TPSA) is 91.5 Å². The van der Waals surface area contributed by atoms with Gasteiger partial charge in [-0.25, -0.2) is 14.5 Å². The molecule has 0 unspecified atom stereocenters. The molecule has 8 heteroatoms. The van der Waals surface area contributed by atoms with Crippen molar-refractivity contribution in [2.75, 3.05) is 31.5 Å². The number of fused-ring (bicyclic) bond motifs is 4. The third-order valence-electron chi connectivity index (χ3n) is 8.19. The number of phenols is 1. The summed E-state index contributed by atoms with van der Waals surface area (Å²) in [7, 11) is 0. The number of anilines is 1. The second-order valence-corrected chi connectivity index (χ2v) is 10.5. The summed E-state index contributed by atoms with van der Waals surface area (Å²) in [4.78, 5) is 16.2. The van der Waals surface area contributed by atoms with Crippen molar-refractivity contribution in [3.63, 3.8) is 0 Å². The minimum atomic E-state index is 0.198. The summed E-state index contributed by atoms with van der Waals surface area (Å²) in [6.07, 6.45) is 11.0. The number of nitrogens with one attached hydrogen (secondary N) is 1. The van der Waals surface area contributed by atoms with Gasteiger partial charge in [-0.2, -0.15) is 5.10 Å². The Kier molecular flexibility index (Phi) is 5.55. The van der Waals surface area contributed by atoms with Gasteiger partial charge >= 0.3 is 0 Å². The van der Waals surface area contributed by atoms with Gasteiger partial charge in [-0.1, -0.05) is 12.1 Å². The molecule has 0 saturated carbocycles. The fourth-order valence-corrected chi connectivity index (χ4v) is 5.89. The molecule has 5 aromatic rings. The molecule has 2 N–H and O–H groups in total. The Balaban J connectivity index is 1.25. The third kappa shape index (κ3) is 4.07. The highest BCUT2D eigenvalue weighted by Gasteiger charge is 2.39. The molecule has 8 rings (SSSR count). The first kappa shape index (κ1) is 22.9. The lowest BCUT2D eigenvalue weighted by Crippen LogP contribution is -2.50. The van der Waals surface area contributed by atoms with E-state index in [9.17, 15) is 5.11 Å². The fraction of sp³-hybridized carbons (Fsp3) is 0.267. The number of hydrogen-bond donors (Lipinski definition) is 2. The molecule has 38 heavy (non-hydrogen) atoms. The van der Waals surface area contributed by atoms with Gasteiger partial charge in [0, 0.05) is 42.5 Å². The summed E-state index contributed by atoms with van der Waals surface area (Å²) in [5, 5.41) is 18.8. The predicted molar refractivity (Wildman–Crippen MR) is 148 cm³/mol. The molecule has 0 spiro atoms. The molecule has 0 atom stereocenters. The van der Waals surface area contributed by atoms with Gasteiger partial charge in [0.25, 0.3) is 0 Å². The van der Waals surface area contributed by atoms with E-state index in [1.807, 2.05) is 41.0 Å². The molecule has 3 fully saturated rings. The SMILES string of the molecule is Oc1cccc(-c2c(-c3ccncc3)nn3c(-c4ccc(NCC56CCN(CC5)CC6)nc4)ccnc23)c1. The Bertz CT molecular complexity index is 1580. The van der Waals surface area contributed by atoms with E-state index >= 15 is 0 Å². The first-order valence-electron chi connectivity index (χ1n) is 13.2.